The minimum atomic E-state index is 0.0992. The maximum absolute atomic E-state index is 8.73. The summed E-state index contributed by atoms with van der Waals surface area (Å²) in [6.07, 6.45) is 3.09. The number of benzene rings is 1. The molecule has 1 N–H and O–H groups in total. The van der Waals surface area contributed by atoms with E-state index in [1.807, 2.05) is 42.3 Å². The molecule has 5 heteroatoms. The standard InChI is InChI=1S/C11H8N5/c12-6-11(7-13)15-8-14-16(9-15)10-4-2-1-3-5-10/h1-5,8-9,12H/q+1. The van der Waals surface area contributed by atoms with Gasteiger partial charge in [0.15, 0.2) is 0 Å². The maximum Gasteiger partial charge on any atom is 0.271 e. The van der Waals surface area contributed by atoms with Gasteiger partial charge in [0.05, 0.1) is 0 Å². The largest absolute Gasteiger partial charge is 0.271 e. The molecular weight excluding hydrogens is 202 g/mol. The molecule has 0 spiro atoms. The molecule has 2 aromatic rings. The molecule has 0 aliphatic rings. The van der Waals surface area contributed by atoms with Gasteiger partial charge in [-0.2, -0.15) is 9.83 Å². The monoisotopic (exact) mass is 210 g/mol. The van der Waals surface area contributed by atoms with E-state index in [0.717, 1.165) is 5.69 Å². The minimum absolute atomic E-state index is 0.0992. The zero-order valence-corrected chi connectivity index (χ0v) is 8.33. The highest BCUT2D eigenvalue weighted by atomic mass is 15.4. The first-order valence-corrected chi connectivity index (χ1v) is 4.56. The molecule has 1 aromatic heterocycles. The van der Waals surface area contributed by atoms with E-state index in [1.54, 1.807) is 11.0 Å². The summed E-state index contributed by atoms with van der Waals surface area (Å²) in [5.41, 5.74) is 0.991. The Hall–Kier alpha value is -2.70. The Morgan fingerprint density at radius 1 is 1.38 bits per heavy atom. The Kier molecular flexibility index (Phi) is 2.59. The zero-order valence-electron chi connectivity index (χ0n) is 8.33. The number of nitrogens with zero attached hydrogens (tertiary/aromatic N) is 4. The van der Waals surface area contributed by atoms with Crippen LogP contribution in [0.3, 0.4) is 0 Å². The molecule has 0 saturated heterocycles. The third-order valence-corrected chi connectivity index (χ3v) is 2.04. The smallest absolute Gasteiger partial charge is 0.255 e. The van der Waals surface area contributed by atoms with Crippen molar-refractivity contribution < 1.29 is 4.57 Å². The van der Waals surface area contributed by atoms with Crippen molar-refractivity contribution in [3.63, 3.8) is 0 Å². The van der Waals surface area contributed by atoms with Crippen LogP contribution in [-0.4, -0.2) is 15.7 Å². The summed E-state index contributed by atoms with van der Waals surface area (Å²) in [5.74, 6) is 2.05. The van der Waals surface area contributed by atoms with Gasteiger partial charge in [-0.3, -0.25) is 5.41 Å². The van der Waals surface area contributed by atoms with Crippen molar-refractivity contribution in [3.8, 4) is 11.8 Å². The first kappa shape index (κ1) is 9.84. The van der Waals surface area contributed by atoms with Gasteiger partial charge in [-0.15, -0.1) is 0 Å². The fourth-order valence-electron chi connectivity index (χ4n) is 1.27. The van der Waals surface area contributed by atoms with Gasteiger partial charge in [0.1, 0.15) is 11.8 Å². The Bertz CT molecular complexity index is 584. The molecular formula is C11H8N5+. The number of allylic oxidation sites excluding steroid dienone is 1. The Morgan fingerprint density at radius 3 is 2.75 bits per heavy atom. The molecule has 0 atom stereocenters. The van der Waals surface area contributed by atoms with E-state index in [1.165, 1.54) is 10.9 Å². The lowest BCUT2D eigenvalue weighted by molar-refractivity contribution is -0.576. The van der Waals surface area contributed by atoms with Crippen LogP contribution < -0.4 is 4.57 Å². The summed E-state index contributed by atoms with van der Waals surface area (Å²) >= 11 is 0. The molecule has 1 heterocycles. The van der Waals surface area contributed by atoms with E-state index in [9.17, 15) is 0 Å². The molecule has 0 fully saturated rings. The highest BCUT2D eigenvalue weighted by Crippen LogP contribution is 2.02. The summed E-state index contributed by atoms with van der Waals surface area (Å²) in [6, 6.07) is 11.4. The summed E-state index contributed by atoms with van der Waals surface area (Å²) < 4.78 is 3.06. The number of para-hydroxylation sites is 1. The molecule has 0 amide bonds. The third kappa shape index (κ3) is 1.73. The fraction of sp³-hybridized carbons (Fsp3) is 0. The molecule has 0 unspecified atom stereocenters. The molecule has 0 aliphatic carbocycles. The van der Waals surface area contributed by atoms with Crippen LogP contribution >= 0.6 is 0 Å². The van der Waals surface area contributed by atoms with Crippen molar-refractivity contribution in [2.24, 2.45) is 0 Å². The first-order chi connectivity index (χ1) is 7.85. The molecule has 0 saturated carbocycles. The quantitative estimate of drug-likeness (QED) is 0.452. The molecule has 0 radical (unpaired) electrons. The lowest BCUT2D eigenvalue weighted by atomic mass is 10.3. The van der Waals surface area contributed by atoms with Crippen molar-refractivity contribution in [2.75, 3.05) is 0 Å². The topological polar surface area (TPSA) is 69.3 Å². The molecule has 76 valence electrons. The Balaban J connectivity index is 2.42. The fourth-order valence-corrected chi connectivity index (χ4v) is 1.27. The number of aromatic nitrogens is 3. The summed E-state index contributed by atoms with van der Waals surface area (Å²) in [5, 5.41) is 19.8. The maximum atomic E-state index is 8.73. The number of nitrogens with one attached hydrogen (secondary N) is 1. The van der Waals surface area contributed by atoms with Crippen LogP contribution in [0.25, 0.3) is 11.4 Å². The molecule has 1 aromatic carbocycles. The highest BCUT2D eigenvalue weighted by molar-refractivity contribution is 5.80. The SMILES string of the molecule is N#CC(=C=N)[n+]1cnn(-c2ccccc2)c1. The average molecular weight is 210 g/mol. The lowest BCUT2D eigenvalue weighted by Gasteiger charge is -1.90. The third-order valence-electron chi connectivity index (χ3n) is 2.04. The van der Waals surface area contributed by atoms with Crippen molar-refractivity contribution in [1.82, 2.24) is 9.78 Å². The molecule has 5 nitrogen and oxygen atoms in total. The van der Waals surface area contributed by atoms with E-state index in [-0.39, 0.29) is 5.70 Å². The van der Waals surface area contributed by atoms with Crippen molar-refractivity contribution >= 4 is 11.6 Å². The molecule has 0 bridgehead atoms. The zero-order chi connectivity index (χ0) is 11.4. The summed E-state index contributed by atoms with van der Waals surface area (Å²) in [6.45, 7) is 0. The van der Waals surface area contributed by atoms with E-state index >= 15 is 0 Å². The number of nitriles is 1. The predicted octanol–water partition coefficient (Wildman–Crippen LogP) is 0.773. The van der Waals surface area contributed by atoms with E-state index in [4.69, 9.17) is 10.7 Å². The number of hydrogen-bond acceptors (Lipinski definition) is 3. The van der Waals surface area contributed by atoms with E-state index < -0.39 is 0 Å². The van der Waals surface area contributed by atoms with Gasteiger partial charge in [-0.05, 0) is 12.1 Å². The van der Waals surface area contributed by atoms with Crippen LogP contribution in [0.15, 0.2) is 43.0 Å². The predicted molar refractivity (Wildman–Crippen MR) is 56.8 cm³/mol. The molecule has 16 heavy (non-hydrogen) atoms. The van der Waals surface area contributed by atoms with Crippen LogP contribution in [0.5, 0.6) is 0 Å². The van der Waals surface area contributed by atoms with Crippen LogP contribution in [0.2, 0.25) is 0 Å². The number of rotatable bonds is 2. The van der Waals surface area contributed by atoms with Gasteiger partial charge in [-0.25, -0.2) is 0 Å². The van der Waals surface area contributed by atoms with Crippen molar-refractivity contribution in [1.29, 1.82) is 10.7 Å². The van der Waals surface area contributed by atoms with E-state index in [2.05, 4.69) is 5.10 Å². The molecule has 0 aliphatic heterocycles. The Morgan fingerprint density at radius 2 is 2.12 bits per heavy atom. The van der Waals surface area contributed by atoms with E-state index in [0.29, 0.717) is 0 Å². The van der Waals surface area contributed by atoms with Gasteiger partial charge in [0.2, 0.25) is 12.0 Å². The summed E-state index contributed by atoms with van der Waals surface area (Å²) in [7, 11) is 0. The van der Waals surface area contributed by atoms with Crippen LogP contribution in [-0.2, 0) is 0 Å². The van der Waals surface area contributed by atoms with Gasteiger partial charge in [-0.1, -0.05) is 22.9 Å². The highest BCUT2D eigenvalue weighted by Gasteiger charge is 2.11. The van der Waals surface area contributed by atoms with Gasteiger partial charge >= 0.3 is 0 Å². The van der Waals surface area contributed by atoms with Crippen LogP contribution in [0.4, 0.5) is 0 Å². The average Bonchev–Trinajstić information content (AvgIpc) is 2.81. The second-order valence-corrected chi connectivity index (χ2v) is 3.02. The Labute approximate surface area is 92.0 Å². The van der Waals surface area contributed by atoms with Crippen LogP contribution in [0.1, 0.15) is 0 Å². The first-order valence-electron chi connectivity index (χ1n) is 4.56. The van der Waals surface area contributed by atoms with Crippen LogP contribution in [0, 0.1) is 16.7 Å². The number of hydrogen-bond donors (Lipinski definition) is 1. The normalized spacial score (nSPS) is 9.19. The summed E-state index contributed by atoms with van der Waals surface area (Å²) in [4.78, 5) is 0. The second kappa shape index (κ2) is 4.22. The van der Waals surface area contributed by atoms with Gasteiger partial charge < -0.3 is 0 Å². The van der Waals surface area contributed by atoms with Gasteiger partial charge in [0, 0.05) is 11.0 Å². The second-order valence-electron chi connectivity index (χ2n) is 3.02. The molecule has 2 rings (SSSR count). The minimum Gasteiger partial charge on any atom is -0.255 e. The van der Waals surface area contributed by atoms with Gasteiger partial charge in [0.25, 0.3) is 6.33 Å². The van der Waals surface area contributed by atoms with Crippen molar-refractivity contribution in [2.45, 2.75) is 0 Å². The van der Waals surface area contributed by atoms with Crippen molar-refractivity contribution in [3.05, 3.63) is 43.0 Å². The lowest BCUT2D eigenvalue weighted by Crippen LogP contribution is -2.29.